The zero-order valence-corrected chi connectivity index (χ0v) is 15.0. The van der Waals surface area contributed by atoms with Crippen LogP contribution in [0.3, 0.4) is 0 Å². The van der Waals surface area contributed by atoms with Gasteiger partial charge >= 0.3 is 0 Å². The fourth-order valence-electron chi connectivity index (χ4n) is 2.80. The summed E-state index contributed by atoms with van der Waals surface area (Å²) in [5.74, 6) is 0.171. The topological polar surface area (TPSA) is 32.8 Å². The number of carbonyl (C=O) groups excluding carboxylic acids is 1. The molecule has 2 rings (SSSR count). The number of rotatable bonds is 5. The van der Waals surface area contributed by atoms with E-state index in [1.807, 2.05) is 46.1 Å². The molecule has 5 heteroatoms. The lowest BCUT2D eigenvalue weighted by molar-refractivity contribution is -0.00429. The van der Waals surface area contributed by atoms with Gasteiger partial charge in [0, 0.05) is 37.6 Å². The van der Waals surface area contributed by atoms with Gasteiger partial charge in [-0.2, -0.15) is 0 Å². The predicted molar refractivity (Wildman–Crippen MR) is 93.4 cm³/mol. The molecule has 0 unspecified atom stereocenters. The fourth-order valence-corrected chi connectivity index (χ4v) is 3.45. The largest absolute Gasteiger partial charge is 0.379 e. The normalized spacial score (nSPS) is 16.6. The summed E-state index contributed by atoms with van der Waals surface area (Å²) in [6, 6.07) is 6.00. The van der Waals surface area contributed by atoms with Crippen LogP contribution in [0.2, 0.25) is 0 Å². The Bertz CT molecular complexity index is 537. The number of ether oxygens (including phenoxy) is 1. The molecule has 0 saturated carbocycles. The molecule has 0 amide bonds. The first-order chi connectivity index (χ1) is 10.4. The minimum Gasteiger partial charge on any atom is -0.379 e. The smallest absolute Gasteiger partial charge is 0.182 e. The average Bonchev–Trinajstić information content (AvgIpc) is 2.54. The second-order valence-electron chi connectivity index (χ2n) is 6.27. The maximum absolute atomic E-state index is 13.0. The highest BCUT2D eigenvalue weighted by Gasteiger charge is 2.36. The first-order valence-corrected chi connectivity index (χ1v) is 8.83. The van der Waals surface area contributed by atoms with Crippen molar-refractivity contribution in [3.63, 3.8) is 0 Å². The van der Waals surface area contributed by atoms with Crippen molar-refractivity contribution in [3.05, 3.63) is 23.8 Å². The van der Waals surface area contributed by atoms with Crippen molar-refractivity contribution in [2.24, 2.45) is 0 Å². The molecule has 4 nitrogen and oxygen atoms in total. The Morgan fingerprint density at radius 1 is 1.27 bits per heavy atom. The lowest BCUT2D eigenvalue weighted by atomic mass is 9.90. The first kappa shape index (κ1) is 17.3. The number of morpholine rings is 1. The standard InChI is InChI=1S/C17H26N2O2S/c1-17(2,19-8-10-21-11-9-19)16(20)13-6-7-15(22-5)14(12-13)18(3)4/h6-7,12H,8-11H2,1-5H3. The molecule has 0 aromatic heterocycles. The van der Waals surface area contributed by atoms with E-state index < -0.39 is 5.54 Å². The number of carbonyl (C=O) groups is 1. The van der Waals surface area contributed by atoms with Gasteiger partial charge < -0.3 is 9.64 Å². The third-order valence-electron chi connectivity index (χ3n) is 4.28. The lowest BCUT2D eigenvalue weighted by Crippen LogP contribution is -2.54. The van der Waals surface area contributed by atoms with E-state index in [2.05, 4.69) is 16.1 Å². The Hall–Kier alpha value is -1.04. The van der Waals surface area contributed by atoms with Crippen molar-refractivity contribution in [1.29, 1.82) is 0 Å². The number of thioether (sulfide) groups is 1. The minimum atomic E-state index is -0.506. The van der Waals surface area contributed by atoms with E-state index in [1.165, 1.54) is 4.90 Å². The molecule has 0 atom stereocenters. The van der Waals surface area contributed by atoms with E-state index in [0.29, 0.717) is 13.2 Å². The summed E-state index contributed by atoms with van der Waals surface area (Å²) in [6.45, 7) is 7.04. The molecule has 1 saturated heterocycles. The van der Waals surface area contributed by atoms with Gasteiger partial charge in [0.05, 0.1) is 24.4 Å². The number of benzene rings is 1. The van der Waals surface area contributed by atoms with Crippen molar-refractivity contribution >= 4 is 23.2 Å². The van der Waals surface area contributed by atoms with Gasteiger partial charge in [0.1, 0.15) is 0 Å². The molecular formula is C17H26N2O2S. The highest BCUT2D eigenvalue weighted by molar-refractivity contribution is 7.98. The minimum absolute atomic E-state index is 0.171. The SMILES string of the molecule is CSc1ccc(C(=O)C(C)(C)N2CCOCC2)cc1N(C)C. The van der Waals surface area contributed by atoms with Crippen molar-refractivity contribution in [3.8, 4) is 0 Å². The van der Waals surface area contributed by atoms with E-state index >= 15 is 0 Å². The van der Waals surface area contributed by atoms with Crippen LogP contribution >= 0.6 is 11.8 Å². The van der Waals surface area contributed by atoms with Crippen LogP contribution in [0, 0.1) is 0 Å². The molecule has 1 aromatic rings. The van der Waals surface area contributed by atoms with Crippen molar-refractivity contribution in [1.82, 2.24) is 4.90 Å². The molecule has 0 aliphatic carbocycles. The number of nitrogens with zero attached hydrogens (tertiary/aromatic N) is 2. The van der Waals surface area contributed by atoms with Gasteiger partial charge in [-0.05, 0) is 32.2 Å². The highest BCUT2D eigenvalue weighted by Crippen LogP contribution is 2.30. The van der Waals surface area contributed by atoms with Gasteiger partial charge in [-0.15, -0.1) is 11.8 Å². The maximum Gasteiger partial charge on any atom is 0.182 e. The number of hydrogen-bond acceptors (Lipinski definition) is 5. The van der Waals surface area contributed by atoms with Gasteiger partial charge in [-0.25, -0.2) is 0 Å². The Kier molecular flexibility index (Phi) is 5.53. The van der Waals surface area contributed by atoms with Crippen LogP contribution in [-0.4, -0.2) is 62.9 Å². The highest BCUT2D eigenvalue weighted by atomic mass is 32.2. The van der Waals surface area contributed by atoms with Crippen molar-refractivity contribution in [2.45, 2.75) is 24.3 Å². The molecule has 0 N–H and O–H groups in total. The second kappa shape index (κ2) is 7.02. The van der Waals surface area contributed by atoms with E-state index in [0.717, 1.165) is 24.3 Å². The zero-order valence-electron chi connectivity index (χ0n) is 14.2. The van der Waals surface area contributed by atoms with E-state index in [-0.39, 0.29) is 5.78 Å². The summed E-state index contributed by atoms with van der Waals surface area (Å²) < 4.78 is 5.40. The average molecular weight is 322 g/mol. The van der Waals surface area contributed by atoms with Gasteiger partial charge in [0.2, 0.25) is 0 Å². The third-order valence-corrected chi connectivity index (χ3v) is 5.07. The summed E-state index contributed by atoms with van der Waals surface area (Å²) in [7, 11) is 4.02. The lowest BCUT2D eigenvalue weighted by Gasteiger charge is -2.39. The first-order valence-electron chi connectivity index (χ1n) is 7.61. The molecular weight excluding hydrogens is 296 g/mol. The molecule has 122 valence electrons. The number of ketones is 1. The van der Waals surface area contributed by atoms with Gasteiger partial charge in [-0.3, -0.25) is 9.69 Å². The number of anilines is 1. The molecule has 22 heavy (non-hydrogen) atoms. The van der Waals surface area contributed by atoms with Crippen molar-refractivity contribution in [2.75, 3.05) is 51.6 Å². The zero-order chi connectivity index (χ0) is 16.3. The monoisotopic (exact) mass is 322 g/mol. The van der Waals surface area contributed by atoms with Crippen LogP contribution in [0.15, 0.2) is 23.1 Å². The summed E-state index contributed by atoms with van der Waals surface area (Å²) in [4.78, 5) is 18.5. The van der Waals surface area contributed by atoms with E-state index in [4.69, 9.17) is 4.74 Å². The van der Waals surface area contributed by atoms with Crippen LogP contribution < -0.4 is 4.90 Å². The third kappa shape index (κ3) is 3.47. The summed E-state index contributed by atoms with van der Waals surface area (Å²) >= 11 is 1.70. The van der Waals surface area contributed by atoms with Crippen molar-refractivity contribution < 1.29 is 9.53 Å². The Labute approximate surface area is 137 Å². The quantitative estimate of drug-likeness (QED) is 0.615. The number of Topliss-reactive ketones (excluding diaryl/α,β-unsaturated/α-hetero) is 1. The molecule has 1 fully saturated rings. The van der Waals surface area contributed by atoms with Crippen LogP contribution in [-0.2, 0) is 4.74 Å². The Balaban J connectivity index is 2.30. The predicted octanol–water partition coefficient (Wildman–Crippen LogP) is 2.77. The Morgan fingerprint density at radius 3 is 2.45 bits per heavy atom. The maximum atomic E-state index is 13.0. The van der Waals surface area contributed by atoms with Crippen LogP contribution in [0.1, 0.15) is 24.2 Å². The van der Waals surface area contributed by atoms with Gasteiger partial charge in [-0.1, -0.05) is 6.07 Å². The molecule has 1 heterocycles. The molecule has 1 aliphatic heterocycles. The summed E-state index contributed by atoms with van der Waals surface area (Å²) in [5, 5.41) is 0. The number of hydrogen-bond donors (Lipinski definition) is 0. The molecule has 0 bridgehead atoms. The van der Waals surface area contributed by atoms with Crippen LogP contribution in [0.5, 0.6) is 0 Å². The Morgan fingerprint density at radius 2 is 1.91 bits per heavy atom. The van der Waals surface area contributed by atoms with Crippen LogP contribution in [0.4, 0.5) is 5.69 Å². The van der Waals surface area contributed by atoms with E-state index in [9.17, 15) is 4.79 Å². The van der Waals surface area contributed by atoms with Gasteiger partial charge in [0.15, 0.2) is 5.78 Å². The molecule has 1 aromatic carbocycles. The molecule has 1 aliphatic rings. The van der Waals surface area contributed by atoms with Crippen LogP contribution in [0.25, 0.3) is 0 Å². The summed E-state index contributed by atoms with van der Waals surface area (Å²) in [6.07, 6.45) is 2.06. The fraction of sp³-hybridized carbons (Fsp3) is 0.588. The molecule has 0 radical (unpaired) electrons. The molecule has 0 spiro atoms. The van der Waals surface area contributed by atoms with E-state index in [1.54, 1.807) is 11.8 Å². The van der Waals surface area contributed by atoms with Gasteiger partial charge in [0.25, 0.3) is 0 Å². The second-order valence-corrected chi connectivity index (χ2v) is 7.12. The summed E-state index contributed by atoms with van der Waals surface area (Å²) in [5.41, 5.74) is 1.36.